The summed E-state index contributed by atoms with van der Waals surface area (Å²) in [6.07, 6.45) is 0.982. The van der Waals surface area contributed by atoms with E-state index in [1.165, 1.54) is 0 Å². The monoisotopic (exact) mass is 221 g/mol. The summed E-state index contributed by atoms with van der Waals surface area (Å²) in [6.45, 7) is 3.22. The maximum absolute atomic E-state index is 11.3. The number of carbonyl (C=O) groups is 1. The van der Waals surface area contributed by atoms with Crippen LogP contribution >= 0.6 is 0 Å². The second kappa shape index (κ2) is 5.77. The van der Waals surface area contributed by atoms with Crippen LogP contribution in [0.2, 0.25) is 0 Å². The highest BCUT2D eigenvalue weighted by molar-refractivity contribution is 5.68. The lowest BCUT2D eigenvalue weighted by molar-refractivity contribution is -0.112. The Morgan fingerprint density at radius 3 is 2.50 bits per heavy atom. The maximum Gasteiger partial charge on any atom is 0.131 e. The van der Waals surface area contributed by atoms with E-state index in [0.29, 0.717) is 13.1 Å². The second-order valence-corrected chi connectivity index (χ2v) is 4.36. The summed E-state index contributed by atoms with van der Waals surface area (Å²) in [7, 11) is 1.90. The Balaban J connectivity index is 2.82. The first-order chi connectivity index (χ1) is 7.62. The number of aldehydes is 1. The van der Waals surface area contributed by atoms with Crippen molar-refractivity contribution in [3.63, 3.8) is 0 Å². The van der Waals surface area contributed by atoms with Gasteiger partial charge in [-0.25, -0.2) is 0 Å². The van der Waals surface area contributed by atoms with Gasteiger partial charge in [-0.3, -0.25) is 0 Å². The average molecular weight is 221 g/mol. The molecule has 1 aromatic rings. The fourth-order valence-corrected chi connectivity index (χ4v) is 1.83. The molecule has 0 radical (unpaired) electrons. The number of hydrogen-bond acceptors (Lipinski definition) is 3. The van der Waals surface area contributed by atoms with Crippen LogP contribution in [0.1, 0.15) is 12.5 Å². The van der Waals surface area contributed by atoms with Crippen LogP contribution in [-0.4, -0.2) is 43.0 Å². The molecule has 1 N–H and O–H groups in total. The molecular weight excluding hydrogens is 202 g/mol. The summed E-state index contributed by atoms with van der Waals surface area (Å²) in [6, 6.07) is 9.72. The molecule has 3 heteroatoms. The second-order valence-electron chi connectivity index (χ2n) is 4.36. The van der Waals surface area contributed by atoms with Crippen LogP contribution in [0.15, 0.2) is 30.3 Å². The first-order valence-electron chi connectivity index (χ1n) is 5.43. The summed E-state index contributed by atoms with van der Waals surface area (Å²) in [5.41, 5.74) is 0.500. The number of benzene rings is 1. The van der Waals surface area contributed by atoms with Crippen molar-refractivity contribution >= 4 is 6.29 Å². The minimum Gasteiger partial charge on any atom is -0.395 e. The van der Waals surface area contributed by atoms with Crippen molar-refractivity contribution in [2.45, 2.75) is 12.3 Å². The summed E-state index contributed by atoms with van der Waals surface area (Å²) >= 11 is 0. The molecule has 16 heavy (non-hydrogen) atoms. The Bertz CT molecular complexity index is 326. The molecule has 0 heterocycles. The summed E-state index contributed by atoms with van der Waals surface area (Å²) in [5.74, 6) is 0. The van der Waals surface area contributed by atoms with Crippen molar-refractivity contribution in [1.29, 1.82) is 0 Å². The Kier molecular flexibility index (Phi) is 4.65. The highest BCUT2D eigenvalue weighted by atomic mass is 16.3. The van der Waals surface area contributed by atoms with E-state index in [-0.39, 0.29) is 6.61 Å². The van der Waals surface area contributed by atoms with Crippen molar-refractivity contribution in [3.05, 3.63) is 35.9 Å². The summed E-state index contributed by atoms with van der Waals surface area (Å²) in [4.78, 5) is 13.2. The van der Waals surface area contributed by atoms with E-state index in [4.69, 9.17) is 5.11 Å². The molecule has 1 unspecified atom stereocenters. The lowest BCUT2D eigenvalue weighted by atomic mass is 9.83. The zero-order valence-corrected chi connectivity index (χ0v) is 9.89. The van der Waals surface area contributed by atoms with Gasteiger partial charge in [0.15, 0.2) is 0 Å². The van der Waals surface area contributed by atoms with E-state index in [0.717, 1.165) is 11.8 Å². The molecule has 0 spiro atoms. The molecular formula is C13H19NO2. The summed E-state index contributed by atoms with van der Waals surface area (Å²) in [5, 5.41) is 8.85. The Morgan fingerprint density at radius 1 is 1.38 bits per heavy atom. The van der Waals surface area contributed by atoms with Crippen molar-refractivity contribution in [3.8, 4) is 0 Å². The van der Waals surface area contributed by atoms with Gasteiger partial charge in [0.1, 0.15) is 6.29 Å². The van der Waals surface area contributed by atoms with E-state index >= 15 is 0 Å². The molecule has 0 aliphatic heterocycles. The average Bonchev–Trinajstić information content (AvgIpc) is 2.30. The molecule has 0 aliphatic carbocycles. The number of carbonyl (C=O) groups excluding carboxylic acids is 1. The fraction of sp³-hybridized carbons (Fsp3) is 0.462. The van der Waals surface area contributed by atoms with Gasteiger partial charge < -0.3 is 14.8 Å². The molecule has 0 aromatic heterocycles. The first kappa shape index (κ1) is 12.9. The van der Waals surface area contributed by atoms with Crippen LogP contribution < -0.4 is 0 Å². The molecule has 1 aromatic carbocycles. The molecule has 0 saturated carbocycles. The van der Waals surface area contributed by atoms with E-state index in [9.17, 15) is 4.79 Å². The zero-order valence-electron chi connectivity index (χ0n) is 9.89. The Morgan fingerprint density at radius 2 is 2.00 bits per heavy atom. The number of hydrogen-bond donors (Lipinski definition) is 1. The predicted octanol–water partition coefficient (Wildman–Crippen LogP) is 1.07. The minimum atomic E-state index is -0.509. The third kappa shape index (κ3) is 3.15. The molecule has 1 atom stereocenters. The van der Waals surface area contributed by atoms with Gasteiger partial charge in [0.2, 0.25) is 0 Å². The van der Waals surface area contributed by atoms with Gasteiger partial charge in [0.05, 0.1) is 12.0 Å². The van der Waals surface area contributed by atoms with Crippen molar-refractivity contribution < 1.29 is 9.90 Å². The largest absolute Gasteiger partial charge is 0.395 e. The van der Waals surface area contributed by atoms with Crippen LogP contribution in [0.4, 0.5) is 0 Å². The number of likely N-dealkylation sites (N-methyl/N-ethyl adjacent to an activating group) is 1. The van der Waals surface area contributed by atoms with Gasteiger partial charge in [-0.15, -0.1) is 0 Å². The first-order valence-corrected chi connectivity index (χ1v) is 5.43. The topological polar surface area (TPSA) is 40.5 Å². The van der Waals surface area contributed by atoms with Crippen LogP contribution in [0.3, 0.4) is 0 Å². The van der Waals surface area contributed by atoms with Crippen LogP contribution in [-0.2, 0) is 10.2 Å². The number of rotatable bonds is 6. The minimum absolute atomic E-state index is 0.111. The van der Waals surface area contributed by atoms with Gasteiger partial charge in [-0.1, -0.05) is 30.3 Å². The predicted molar refractivity (Wildman–Crippen MR) is 64.4 cm³/mol. The Hall–Kier alpha value is -1.19. The van der Waals surface area contributed by atoms with Crippen LogP contribution in [0, 0.1) is 0 Å². The van der Waals surface area contributed by atoms with Crippen LogP contribution in [0.25, 0.3) is 0 Å². The SMILES string of the molecule is CN(CCO)CC(C)(C=O)c1ccccc1. The molecule has 88 valence electrons. The zero-order chi connectivity index (χ0) is 12.0. The maximum atomic E-state index is 11.3. The standard InChI is InChI=1S/C13H19NO2/c1-13(11-16,10-14(2)8-9-15)12-6-4-3-5-7-12/h3-7,11,15H,8-10H2,1-2H3. The van der Waals surface area contributed by atoms with Gasteiger partial charge in [-0.2, -0.15) is 0 Å². The number of aliphatic hydroxyl groups is 1. The highest BCUT2D eigenvalue weighted by Gasteiger charge is 2.27. The van der Waals surface area contributed by atoms with Crippen molar-refractivity contribution in [1.82, 2.24) is 4.90 Å². The van der Waals surface area contributed by atoms with E-state index in [1.54, 1.807) is 0 Å². The van der Waals surface area contributed by atoms with Gasteiger partial charge in [-0.05, 0) is 19.5 Å². The van der Waals surface area contributed by atoms with Gasteiger partial charge in [0, 0.05) is 13.1 Å². The molecule has 3 nitrogen and oxygen atoms in total. The third-order valence-corrected chi connectivity index (χ3v) is 2.77. The third-order valence-electron chi connectivity index (χ3n) is 2.77. The molecule has 0 amide bonds. The molecule has 0 fully saturated rings. The molecule has 1 rings (SSSR count). The Labute approximate surface area is 96.7 Å². The van der Waals surface area contributed by atoms with E-state index in [2.05, 4.69) is 0 Å². The highest BCUT2D eigenvalue weighted by Crippen LogP contribution is 2.21. The lowest BCUT2D eigenvalue weighted by Crippen LogP contribution is -2.39. The number of nitrogens with zero attached hydrogens (tertiary/aromatic N) is 1. The van der Waals surface area contributed by atoms with Gasteiger partial charge >= 0.3 is 0 Å². The number of aliphatic hydroxyl groups excluding tert-OH is 1. The van der Waals surface area contributed by atoms with E-state index in [1.807, 2.05) is 49.2 Å². The smallest absolute Gasteiger partial charge is 0.131 e. The van der Waals surface area contributed by atoms with E-state index < -0.39 is 5.41 Å². The van der Waals surface area contributed by atoms with Gasteiger partial charge in [0.25, 0.3) is 0 Å². The molecule has 0 bridgehead atoms. The van der Waals surface area contributed by atoms with Crippen molar-refractivity contribution in [2.75, 3.05) is 26.7 Å². The normalized spacial score (nSPS) is 14.8. The summed E-state index contributed by atoms with van der Waals surface area (Å²) < 4.78 is 0. The lowest BCUT2D eigenvalue weighted by Gasteiger charge is -2.29. The quantitative estimate of drug-likeness (QED) is 0.730. The molecule has 0 aliphatic rings. The van der Waals surface area contributed by atoms with Crippen molar-refractivity contribution in [2.24, 2.45) is 0 Å². The fourth-order valence-electron chi connectivity index (χ4n) is 1.83. The molecule has 0 saturated heterocycles. The van der Waals surface area contributed by atoms with Crippen LogP contribution in [0.5, 0.6) is 0 Å².